The fourth-order valence-electron chi connectivity index (χ4n) is 3.71. The van der Waals surface area contributed by atoms with Crippen LogP contribution in [-0.2, 0) is 11.3 Å². The van der Waals surface area contributed by atoms with Crippen LogP contribution in [-0.4, -0.2) is 18.5 Å². The maximum Gasteiger partial charge on any atom is 0.338 e. The van der Waals surface area contributed by atoms with Crippen LogP contribution < -0.4 is 4.90 Å². The van der Waals surface area contributed by atoms with E-state index in [1.54, 1.807) is 66.4 Å². The summed E-state index contributed by atoms with van der Waals surface area (Å²) in [6, 6.07) is 29.4. The molecule has 0 radical (unpaired) electrons. The zero-order valence-electron chi connectivity index (χ0n) is 19.1. The van der Waals surface area contributed by atoms with Crippen molar-refractivity contribution < 1.29 is 14.3 Å². The zero-order chi connectivity index (χ0) is 24.8. The SMILES string of the molecule is CCOC(=O)c1ccc(N(Cc2c(Cl)cccc2Cl)C(=O)c2ccc(-c3ccccc3)cc2)cc1. The Morgan fingerprint density at radius 2 is 1.29 bits per heavy atom. The number of anilines is 1. The van der Waals surface area contributed by atoms with Crippen LogP contribution in [0.15, 0.2) is 97.1 Å². The maximum atomic E-state index is 13.7. The van der Waals surface area contributed by atoms with Gasteiger partial charge in [0.2, 0.25) is 0 Å². The molecule has 0 fully saturated rings. The Kier molecular flexibility index (Phi) is 7.86. The number of halogens is 2. The number of benzene rings is 4. The van der Waals surface area contributed by atoms with E-state index in [9.17, 15) is 9.59 Å². The normalized spacial score (nSPS) is 10.6. The molecule has 6 heteroatoms. The molecule has 0 N–H and O–H groups in total. The Hall–Kier alpha value is -3.60. The lowest BCUT2D eigenvalue weighted by atomic mass is 10.0. The first-order valence-electron chi connectivity index (χ1n) is 11.2. The lowest BCUT2D eigenvalue weighted by Crippen LogP contribution is -2.30. The highest BCUT2D eigenvalue weighted by molar-refractivity contribution is 6.36. The fraction of sp³-hybridized carbons (Fsp3) is 0.103. The molecule has 4 aromatic carbocycles. The number of rotatable bonds is 7. The van der Waals surface area contributed by atoms with E-state index in [-0.39, 0.29) is 19.1 Å². The van der Waals surface area contributed by atoms with Gasteiger partial charge < -0.3 is 9.64 Å². The highest BCUT2D eigenvalue weighted by Gasteiger charge is 2.21. The van der Waals surface area contributed by atoms with E-state index >= 15 is 0 Å². The minimum atomic E-state index is -0.414. The molecule has 0 saturated heterocycles. The van der Waals surface area contributed by atoms with Gasteiger partial charge in [0, 0.05) is 26.9 Å². The molecule has 0 atom stereocenters. The molecule has 4 rings (SSSR count). The molecular weight excluding hydrogens is 481 g/mol. The van der Waals surface area contributed by atoms with E-state index in [0.717, 1.165) is 11.1 Å². The van der Waals surface area contributed by atoms with E-state index in [1.807, 2.05) is 42.5 Å². The van der Waals surface area contributed by atoms with Gasteiger partial charge in [-0.25, -0.2) is 4.79 Å². The van der Waals surface area contributed by atoms with Crippen LogP contribution in [0.25, 0.3) is 11.1 Å². The van der Waals surface area contributed by atoms with Crippen LogP contribution in [0.5, 0.6) is 0 Å². The maximum absolute atomic E-state index is 13.7. The van der Waals surface area contributed by atoms with Gasteiger partial charge in [-0.05, 0) is 66.6 Å². The molecule has 0 spiro atoms. The Labute approximate surface area is 214 Å². The number of amides is 1. The monoisotopic (exact) mass is 503 g/mol. The van der Waals surface area contributed by atoms with Crippen molar-refractivity contribution >= 4 is 40.8 Å². The summed E-state index contributed by atoms with van der Waals surface area (Å²) in [5.74, 6) is -0.632. The summed E-state index contributed by atoms with van der Waals surface area (Å²) >= 11 is 12.8. The van der Waals surface area contributed by atoms with E-state index in [0.29, 0.717) is 32.4 Å². The van der Waals surface area contributed by atoms with Gasteiger partial charge in [0.15, 0.2) is 0 Å². The number of ether oxygens (including phenoxy) is 1. The predicted octanol–water partition coefficient (Wildman–Crippen LogP) is 7.68. The standard InChI is InChI=1S/C29H23Cl2NO3/c1-2-35-29(34)23-15-17-24(18-16-23)32(19-25-26(30)9-6-10-27(25)31)28(33)22-13-11-21(12-14-22)20-7-4-3-5-8-20/h3-18H,2,19H2,1H3. The summed E-state index contributed by atoms with van der Waals surface area (Å²) in [5, 5.41) is 0.940. The van der Waals surface area contributed by atoms with Gasteiger partial charge in [0.05, 0.1) is 18.7 Å². The van der Waals surface area contributed by atoms with E-state index in [1.165, 1.54) is 0 Å². The second-order valence-electron chi connectivity index (χ2n) is 7.80. The first-order valence-corrected chi connectivity index (χ1v) is 11.9. The Balaban J connectivity index is 1.68. The largest absolute Gasteiger partial charge is 0.462 e. The highest BCUT2D eigenvalue weighted by Crippen LogP contribution is 2.29. The average Bonchev–Trinajstić information content (AvgIpc) is 2.89. The third kappa shape index (κ3) is 5.73. The number of carbonyl (C=O) groups is 2. The molecule has 1 amide bonds. The minimum absolute atomic E-state index is 0.163. The van der Waals surface area contributed by atoms with Crippen molar-refractivity contribution in [1.29, 1.82) is 0 Å². The van der Waals surface area contributed by atoms with Crippen molar-refractivity contribution in [1.82, 2.24) is 0 Å². The first-order chi connectivity index (χ1) is 17.0. The van der Waals surface area contributed by atoms with E-state index < -0.39 is 5.97 Å². The van der Waals surface area contributed by atoms with Gasteiger partial charge in [0.1, 0.15) is 0 Å². The molecule has 0 bridgehead atoms. The van der Waals surface area contributed by atoms with Gasteiger partial charge in [-0.15, -0.1) is 0 Å². The Morgan fingerprint density at radius 1 is 0.714 bits per heavy atom. The predicted molar refractivity (Wildman–Crippen MR) is 141 cm³/mol. The highest BCUT2D eigenvalue weighted by atomic mass is 35.5. The van der Waals surface area contributed by atoms with Gasteiger partial charge in [0.25, 0.3) is 5.91 Å². The van der Waals surface area contributed by atoms with Crippen molar-refractivity contribution in [3.05, 3.63) is 124 Å². The molecule has 0 aliphatic carbocycles. The first kappa shape index (κ1) is 24.5. The number of hydrogen-bond acceptors (Lipinski definition) is 3. The molecule has 176 valence electrons. The molecule has 4 aromatic rings. The molecule has 0 unspecified atom stereocenters. The van der Waals surface area contributed by atoms with Crippen molar-refractivity contribution in [2.24, 2.45) is 0 Å². The van der Waals surface area contributed by atoms with E-state index in [4.69, 9.17) is 27.9 Å². The summed E-state index contributed by atoms with van der Waals surface area (Å²) < 4.78 is 5.07. The Morgan fingerprint density at radius 3 is 1.89 bits per heavy atom. The van der Waals surface area contributed by atoms with Crippen molar-refractivity contribution in [3.63, 3.8) is 0 Å². The molecule has 0 aromatic heterocycles. The third-order valence-electron chi connectivity index (χ3n) is 5.55. The quantitative estimate of drug-likeness (QED) is 0.243. The topological polar surface area (TPSA) is 46.6 Å². The lowest BCUT2D eigenvalue weighted by molar-refractivity contribution is 0.0526. The van der Waals surface area contributed by atoms with Crippen LogP contribution in [0.1, 0.15) is 33.2 Å². The number of carbonyl (C=O) groups excluding carboxylic acids is 2. The number of esters is 1. The summed E-state index contributed by atoms with van der Waals surface area (Å²) in [4.78, 5) is 27.4. The average molecular weight is 504 g/mol. The smallest absolute Gasteiger partial charge is 0.338 e. The summed E-state index contributed by atoms with van der Waals surface area (Å²) in [5.41, 5.74) is 4.25. The number of nitrogens with zero attached hydrogens (tertiary/aromatic N) is 1. The fourth-order valence-corrected chi connectivity index (χ4v) is 4.22. The Bertz CT molecular complexity index is 1300. The van der Waals surface area contributed by atoms with Crippen molar-refractivity contribution in [2.45, 2.75) is 13.5 Å². The van der Waals surface area contributed by atoms with Gasteiger partial charge in [-0.1, -0.05) is 71.7 Å². The van der Waals surface area contributed by atoms with Crippen LogP contribution in [0.3, 0.4) is 0 Å². The van der Waals surface area contributed by atoms with Gasteiger partial charge in [-0.2, -0.15) is 0 Å². The van der Waals surface area contributed by atoms with E-state index in [2.05, 4.69) is 0 Å². The second-order valence-corrected chi connectivity index (χ2v) is 8.62. The van der Waals surface area contributed by atoms with Crippen LogP contribution in [0.4, 0.5) is 5.69 Å². The van der Waals surface area contributed by atoms with Crippen LogP contribution >= 0.6 is 23.2 Å². The van der Waals surface area contributed by atoms with Crippen molar-refractivity contribution in [3.8, 4) is 11.1 Å². The number of hydrogen-bond donors (Lipinski definition) is 0. The molecule has 4 nitrogen and oxygen atoms in total. The molecular formula is C29H23Cl2NO3. The third-order valence-corrected chi connectivity index (χ3v) is 6.26. The lowest BCUT2D eigenvalue weighted by Gasteiger charge is -2.24. The molecule has 0 saturated carbocycles. The minimum Gasteiger partial charge on any atom is -0.462 e. The molecule has 35 heavy (non-hydrogen) atoms. The molecule has 0 aliphatic rings. The van der Waals surface area contributed by atoms with Crippen LogP contribution in [0, 0.1) is 0 Å². The molecule has 0 aliphatic heterocycles. The van der Waals surface area contributed by atoms with Crippen molar-refractivity contribution in [2.75, 3.05) is 11.5 Å². The second kappa shape index (κ2) is 11.2. The van der Waals surface area contributed by atoms with Gasteiger partial charge >= 0.3 is 5.97 Å². The van der Waals surface area contributed by atoms with Crippen LogP contribution in [0.2, 0.25) is 10.0 Å². The summed E-state index contributed by atoms with van der Waals surface area (Å²) in [6.45, 7) is 2.20. The summed E-state index contributed by atoms with van der Waals surface area (Å²) in [7, 11) is 0. The summed E-state index contributed by atoms with van der Waals surface area (Å²) in [6.07, 6.45) is 0. The zero-order valence-corrected chi connectivity index (χ0v) is 20.6. The van der Waals surface area contributed by atoms with Gasteiger partial charge in [-0.3, -0.25) is 4.79 Å². The molecule has 0 heterocycles.